The van der Waals surface area contributed by atoms with Crippen LogP contribution in [0.25, 0.3) is 40.0 Å². The molecule has 0 bridgehead atoms. The first-order valence-corrected chi connectivity index (χ1v) is 20.8. The van der Waals surface area contributed by atoms with Crippen molar-refractivity contribution in [1.29, 1.82) is 5.41 Å². The van der Waals surface area contributed by atoms with Crippen molar-refractivity contribution in [3.63, 3.8) is 0 Å². The fraction of sp³-hybridized carbons (Fsp3) is 0.107. The maximum absolute atomic E-state index is 9.00. The van der Waals surface area contributed by atoms with Crippen molar-refractivity contribution in [3.8, 4) is 28.0 Å². The van der Waals surface area contributed by atoms with E-state index in [0.29, 0.717) is 5.71 Å². The molecule has 4 aliphatic rings. The molecule has 2 N–H and O–H groups in total. The molecule has 0 aromatic heterocycles. The van der Waals surface area contributed by atoms with Gasteiger partial charge in [0.05, 0.1) is 11.1 Å². The third-order valence-electron chi connectivity index (χ3n) is 12.4. The molecular weight excluding hydrogens is 731 g/mol. The van der Waals surface area contributed by atoms with Gasteiger partial charge in [-0.3, -0.25) is 5.41 Å². The Morgan fingerprint density at radius 3 is 2.27 bits per heavy atom. The smallest absolute Gasteiger partial charge is 0.148 e. The lowest BCUT2D eigenvalue weighted by molar-refractivity contribution is 0.142. The average Bonchev–Trinajstić information content (AvgIpc) is 3.59. The third kappa shape index (κ3) is 6.24. The SMILES string of the molecule is C/C=C\C=C(/C)C(=N)N=C(/C=C/c1ccccc1)c1ccccc1C1=CC2Oc3cc(-c4cccc5c4CNC=C5)ccc3C3(c4ccccc4-c4ccccc43)C2C=C1. The van der Waals surface area contributed by atoms with Crippen molar-refractivity contribution < 1.29 is 4.74 Å². The Kier molecular flexibility index (Phi) is 9.54. The minimum Gasteiger partial charge on any atom is -0.485 e. The van der Waals surface area contributed by atoms with Gasteiger partial charge in [-0.1, -0.05) is 170 Å². The van der Waals surface area contributed by atoms with Gasteiger partial charge in [0.2, 0.25) is 0 Å². The van der Waals surface area contributed by atoms with Crippen LogP contribution in [0.15, 0.2) is 199 Å². The van der Waals surface area contributed by atoms with Gasteiger partial charge in [0.1, 0.15) is 17.7 Å². The molecule has 2 heterocycles. The summed E-state index contributed by atoms with van der Waals surface area (Å²) in [6.07, 6.45) is 20.8. The average molecular weight is 776 g/mol. The highest BCUT2D eigenvalue weighted by molar-refractivity contribution is 6.19. The molecule has 6 aromatic rings. The molecule has 0 saturated carbocycles. The van der Waals surface area contributed by atoms with Crippen LogP contribution in [0.3, 0.4) is 0 Å². The molecular formula is C56H45N3O. The Labute approximate surface area is 352 Å². The van der Waals surface area contributed by atoms with Gasteiger partial charge in [-0.05, 0) is 111 Å². The first-order chi connectivity index (χ1) is 29.5. The first kappa shape index (κ1) is 37.0. The van der Waals surface area contributed by atoms with E-state index in [-0.39, 0.29) is 17.9 Å². The molecule has 290 valence electrons. The number of hydrogen-bond donors (Lipinski definition) is 2. The minimum atomic E-state index is -0.473. The zero-order valence-corrected chi connectivity index (χ0v) is 33.8. The van der Waals surface area contributed by atoms with Crippen LogP contribution >= 0.6 is 0 Å². The van der Waals surface area contributed by atoms with Crippen LogP contribution < -0.4 is 10.1 Å². The standard InChI is InChI=1S/C56H45N3O/c1-3-4-15-37(2)55(57)59-52(31-26-38-16-6-5-7-17-38)46-22-9-8-19-42(46)40-27-29-50-53(34-40)60-54-35-41(43-23-14-18-39-32-33-58-36-47(39)43)28-30-51(54)56(50)48-24-12-10-20-44(48)45-21-11-13-25-49(45)56/h3-35,50,53,57-58H,36H2,1-2H3/b4-3-,31-26+,37-15+,57-55?,59-52?. The van der Waals surface area contributed by atoms with Gasteiger partial charge in [-0.25, -0.2) is 4.99 Å². The van der Waals surface area contributed by atoms with Gasteiger partial charge in [0, 0.05) is 23.6 Å². The molecule has 6 aromatic carbocycles. The second kappa shape index (κ2) is 15.5. The molecule has 0 saturated heterocycles. The van der Waals surface area contributed by atoms with E-state index in [1.54, 1.807) is 0 Å². The Balaban J connectivity index is 1.13. The number of aliphatic imine (C=N–C) groups is 1. The van der Waals surface area contributed by atoms with Crippen LogP contribution in [0.4, 0.5) is 0 Å². The number of ether oxygens (including phenoxy) is 1. The summed E-state index contributed by atoms with van der Waals surface area (Å²) in [5.74, 6) is 1.11. The molecule has 0 amide bonds. The van der Waals surface area contributed by atoms with Crippen molar-refractivity contribution in [2.75, 3.05) is 0 Å². The molecule has 2 aliphatic heterocycles. The summed E-state index contributed by atoms with van der Waals surface area (Å²) in [5.41, 5.74) is 16.4. The second-order valence-electron chi connectivity index (χ2n) is 15.8. The third-order valence-corrected chi connectivity index (χ3v) is 12.4. The predicted octanol–water partition coefficient (Wildman–Crippen LogP) is 12.8. The summed E-state index contributed by atoms with van der Waals surface area (Å²) in [6, 6.07) is 50.0. The molecule has 4 nitrogen and oxygen atoms in total. The molecule has 4 heteroatoms. The van der Waals surface area contributed by atoms with Gasteiger partial charge < -0.3 is 10.1 Å². The zero-order chi connectivity index (χ0) is 40.6. The second-order valence-corrected chi connectivity index (χ2v) is 15.8. The van der Waals surface area contributed by atoms with Gasteiger partial charge in [0.15, 0.2) is 0 Å². The predicted molar refractivity (Wildman–Crippen MR) is 249 cm³/mol. The van der Waals surface area contributed by atoms with E-state index in [1.807, 2.05) is 62.6 Å². The summed E-state index contributed by atoms with van der Waals surface area (Å²) in [6.45, 7) is 4.69. The largest absolute Gasteiger partial charge is 0.485 e. The van der Waals surface area contributed by atoms with Crippen molar-refractivity contribution in [2.45, 2.75) is 31.9 Å². The van der Waals surface area contributed by atoms with Crippen molar-refractivity contribution in [2.24, 2.45) is 10.9 Å². The number of amidine groups is 1. The van der Waals surface area contributed by atoms with E-state index in [0.717, 1.165) is 45.7 Å². The van der Waals surface area contributed by atoms with Gasteiger partial charge in [-0.2, -0.15) is 0 Å². The van der Waals surface area contributed by atoms with Gasteiger partial charge in [-0.15, -0.1) is 0 Å². The van der Waals surface area contributed by atoms with Crippen LogP contribution in [-0.2, 0) is 12.0 Å². The molecule has 2 atom stereocenters. The van der Waals surface area contributed by atoms with Gasteiger partial charge in [0.25, 0.3) is 0 Å². The van der Waals surface area contributed by atoms with E-state index in [1.165, 1.54) is 44.5 Å². The number of benzene rings is 6. The van der Waals surface area contributed by atoms with Crippen LogP contribution in [0, 0.1) is 11.3 Å². The Morgan fingerprint density at radius 2 is 1.48 bits per heavy atom. The molecule has 1 spiro atoms. The first-order valence-electron chi connectivity index (χ1n) is 20.8. The highest BCUT2D eigenvalue weighted by Gasteiger charge is 2.56. The molecule has 2 unspecified atom stereocenters. The fourth-order valence-corrected chi connectivity index (χ4v) is 9.64. The lowest BCUT2D eigenvalue weighted by atomic mass is 9.59. The van der Waals surface area contributed by atoms with Crippen LogP contribution in [0.2, 0.25) is 0 Å². The summed E-state index contributed by atoms with van der Waals surface area (Å²) in [5, 5.41) is 12.4. The van der Waals surface area contributed by atoms with Crippen molar-refractivity contribution in [1.82, 2.24) is 5.32 Å². The van der Waals surface area contributed by atoms with Crippen LogP contribution in [0.1, 0.15) is 58.4 Å². The number of nitrogens with one attached hydrogen (secondary N) is 2. The van der Waals surface area contributed by atoms with E-state index in [9.17, 15) is 0 Å². The Bertz CT molecular complexity index is 2860. The topological polar surface area (TPSA) is 57.5 Å². The van der Waals surface area contributed by atoms with E-state index < -0.39 is 5.41 Å². The number of rotatable bonds is 7. The summed E-state index contributed by atoms with van der Waals surface area (Å²) in [7, 11) is 0. The lowest BCUT2D eigenvalue weighted by Crippen LogP contribution is -2.48. The minimum absolute atomic E-state index is 0.0194. The molecule has 60 heavy (non-hydrogen) atoms. The van der Waals surface area contributed by atoms with Crippen molar-refractivity contribution in [3.05, 3.63) is 238 Å². The van der Waals surface area contributed by atoms with E-state index in [2.05, 4.69) is 157 Å². The molecule has 0 fully saturated rings. The summed E-state index contributed by atoms with van der Waals surface area (Å²) in [4.78, 5) is 4.98. The highest BCUT2D eigenvalue weighted by Crippen LogP contribution is 2.62. The van der Waals surface area contributed by atoms with E-state index in [4.69, 9.17) is 15.1 Å². The fourth-order valence-electron chi connectivity index (χ4n) is 9.64. The number of allylic oxidation sites excluding steroid dienone is 6. The number of nitrogens with zero attached hydrogens (tertiary/aromatic N) is 1. The molecule has 10 rings (SSSR count). The zero-order valence-electron chi connectivity index (χ0n) is 33.8. The Morgan fingerprint density at radius 1 is 0.767 bits per heavy atom. The van der Waals surface area contributed by atoms with E-state index >= 15 is 0 Å². The highest BCUT2D eigenvalue weighted by atomic mass is 16.5. The van der Waals surface area contributed by atoms with Gasteiger partial charge >= 0.3 is 0 Å². The maximum atomic E-state index is 9.00. The molecule has 2 aliphatic carbocycles. The summed E-state index contributed by atoms with van der Waals surface area (Å²) < 4.78 is 7.30. The monoisotopic (exact) mass is 775 g/mol. The van der Waals surface area contributed by atoms with Crippen LogP contribution in [0.5, 0.6) is 5.75 Å². The van der Waals surface area contributed by atoms with Crippen LogP contribution in [-0.4, -0.2) is 17.7 Å². The Hall–Kier alpha value is -7.30. The normalized spacial score (nSPS) is 18.3. The summed E-state index contributed by atoms with van der Waals surface area (Å²) >= 11 is 0. The number of hydrogen-bond acceptors (Lipinski definition) is 3. The lowest BCUT2D eigenvalue weighted by Gasteiger charge is -2.48. The van der Waals surface area contributed by atoms with Crippen molar-refractivity contribution >= 4 is 29.3 Å². The number of fused-ring (bicyclic) bond motifs is 10. The molecule has 0 radical (unpaired) electrons. The quantitative estimate of drug-likeness (QED) is 0.0964. The maximum Gasteiger partial charge on any atom is 0.148 e.